The van der Waals surface area contributed by atoms with E-state index in [1.807, 2.05) is 42.5 Å². The molecule has 0 heterocycles. The van der Waals surface area contributed by atoms with E-state index in [1.54, 1.807) is 6.08 Å². The summed E-state index contributed by atoms with van der Waals surface area (Å²) in [6, 6.07) is 14.0. The van der Waals surface area contributed by atoms with Crippen LogP contribution >= 0.6 is 0 Å². The predicted molar refractivity (Wildman–Crippen MR) is 81.8 cm³/mol. The Balaban J connectivity index is 2.16. The summed E-state index contributed by atoms with van der Waals surface area (Å²) in [6.07, 6.45) is 1.20. The van der Waals surface area contributed by atoms with Crippen molar-refractivity contribution in [1.29, 1.82) is 0 Å². The van der Waals surface area contributed by atoms with Crippen LogP contribution in [0.2, 0.25) is 0 Å². The Morgan fingerprint density at radius 3 is 2.52 bits per heavy atom. The molecule has 0 radical (unpaired) electrons. The molecule has 0 aliphatic rings. The van der Waals surface area contributed by atoms with Crippen LogP contribution in [-0.4, -0.2) is 37.5 Å². The minimum absolute atomic E-state index is 0.604. The Hall–Kier alpha value is -2.17. The van der Waals surface area contributed by atoms with Crippen LogP contribution in [-0.2, 0) is 14.3 Å². The van der Waals surface area contributed by atoms with Gasteiger partial charge in [0.15, 0.2) is 6.10 Å². The molecule has 1 N–H and O–H groups in total. The van der Waals surface area contributed by atoms with E-state index in [0.29, 0.717) is 0 Å². The third-order valence-corrected chi connectivity index (χ3v) is 3.26. The topological polar surface area (TPSA) is 55.8 Å². The molecule has 0 aliphatic heterocycles. The number of fused-ring (bicyclic) bond motifs is 1. The summed E-state index contributed by atoms with van der Waals surface area (Å²) in [5.41, 5.74) is 0.937. The highest BCUT2D eigenvalue weighted by Crippen LogP contribution is 2.17. The van der Waals surface area contributed by atoms with Gasteiger partial charge in [-0.25, -0.2) is 4.79 Å². The first-order valence-corrected chi connectivity index (χ1v) is 6.61. The summed E-state index contributed by atoms with van der Waals surface area (Å²) in [4.78, 5) is 11.4. The lowest BCUT2D eigenvalue weighted by molar-refractivity contribution is -0.157. The molecule has 0 saturated heterocycles. The van der Waals surface area contributed by atoms with Gasteiger partial charge in [-0.15, -0.1) is 0 Å². The van der Waals surface area contributed by atoms with Gasteiger partial charge in [-0.1, -0.05) is 48.6 Å². The number of carbonyl (C=O) groups is 1. The van der Waals surface area contributed by atoms with Gasteiger partial charge in [-0.3, -0.25) is 0 Å². The molecule has 2 atom stereocenters. The Labute approximate surface area is 123 Å². The molecule has 2 rings (SSSR count). The normalized spacial score (nSPS) is 14.2. The van der Waals surface area contributed by atoms with Crippen LogP contribution in [0.25, 0.3) is 16.8 Å². The number of ether oxygens (including phenoxy) is 2. The Morgan fingerprint density at radius 1 is 1.14 bits per heavy atom. The maximum atomic E-state index is 11.4. The number of aliphatic hydroxyl groups is 1. The summed E-state index contributed by atoms with van der Waals surface area (Å²) < 4.78 is 9.52. The first-order chi connectivity index (χ1) is 10.2. The first kappa shape index (κ1) is 15.2. The predicted octanol–water partition coefficient (Wildman–Crippen LogP) is 2.40. The zero-order valence-corrected chi connectivity index (χ0v) is 12.0. The molecular formula is C17H18O4. The van der Waals surface area contributed by atoms with Crippen molar-refractivity contribution in [1.82, 2.24) is 0 Å². The van der Waals surface area contributed by atoms with Crippen LogP contribution in [0.1, 0.15) is 5.56 Å². The zero-order chi connectivity index (χ0) is 15.2. The van der Waals surface area contributed by atoms with Gasteiger partial charge in [-0.2, -0.15) is 0 Å². The van der Waals surface area contributed by atoms with Crippen molar-refractivity contribution in [3.05, 3.63) is 54.1 Å². The summed E-state index contributed by atoms with van der Waals surface area (Å²) >= 11 is 0. The highest BCUT2D eigenvalue weighted by molar-refractivity contribution is 5.84. The lowest BCUT2D eigenvalue weighted by atomic mass is 10.1. The molecule has 110 valence electrons. The maximum absolute atomic E-state index is 11.4. The quantitative estimate of drug-likeness (QED) is 0.858. The molecule has 0 bridgehead atoms. The molecule has 0 saturated carbocycles. The average molecular weight is 286 g/mol. The number of aliphatic hydroxyl groups excluding tert-OH is 1. The molecule has 4 heteroatoms. The van der Waals surface area contributed by atoms with Crippen LogP contribution < -0.4 is 0 Å². The van der Waals surface area contributed by atoms with Gasteiger partial charge in [0.25, 0.3) is 0 Å². The van der Waals surface area contributed by atoms with Crippen molar-refractivity contribution < 1.29 is 19.4 Å². The summed E-state index contributed by atoms with van der Waals surface area (Å²) in [5, 5.41) is 12.2. The van der Waals surface area contributed by atoms with Crippen LogP contribution in [0.4, 0.5) is 0 Å². The van der Waals surface area contributed by atoms with Gasteiger partial charge < -0.3 is 14.6 Å². The Morgan fingerprint density at radius 2 is 1.86 bits per heavy atom. The SMILES string of the molecule is COC(=O)[C@@H](OC)[C@H](O)/C=C/c1ccc2ccccc2c1. The molecule has 0 spiro atoms. The number of esters is 1. The van der Waals surface area contributed by atoms with E-state index in [0.717, 1.165) is 16.3 Å². The summed E-state index contributed by atoms with van der Waals surface area (Å²) in [5.74, 6) is -0.604. The van der Waals surface area contributed by atoms with Crippen LogP contribution in [0.5, 0.6) is 0 Å². The molecular weight excluding hydrogens is 268 g/mol. The first-order valence-electron chi connectivity index (χ1n) is 6.61. The molecule has 2 aromatic carbocycles. The van der Waals surface area contributed by atoms with Crippen molar-refractivity contribution in [2.45, 2.75) is 12.2 Å². The second-order valence-electron chi connectivity index (χ2n) is 4.64. The van der Waals surface area contributed by atoms with Gasteiger partial charge in [-0.05, 0) is 22.4 Å². The number of methoxy groups -OCH3 is 2. The van der Waals surface area contributed by atoms with Crippen molar-refractivity contribution in [2.75, 3.05) is 14.2 Å². The molecule has 4 nitrogen and oxygen atoms in total. The monoisotopic (exact) mass is 286 g/mol. The fourth-order valence-corrected chi connectivity index (χ4v) is 2.11. The fraction of sp³-hybridized carbons (Fsp3) is 0.235. The molecule has 0 unspecified atom stereocenters. The smallest absolute Gasteiger partial charge is 0.338 e. The summed E-state index contributed by atoms with van der Waals surface area (Å²) in [7, 11) is 2.61. The number of rotatable bonds is 5. The Bertz CT molecular complexity index is 648. The van der Waals surface area contributed by atoms with E-state index in [4.69, 9.17) is 4.74 Å². The van der Waals surface area contributed by atoms with Gasteiger partial charge in [0, 0.05) is 7.11 Å². The van der Waals surface area contributed by atoms with E-state index in [-0.39, 0.29) is 0 Å². The van der Waals surface area contributed by atoms with Gasteiger partial charge in [0.2, 0.25) is 0 Å². The van der Waals surface area contributed by atoms with Crippen molar-refractivity contribution >= 4 is 22.8 Å². The second kappa shape index (κ2) is 7.02. The number of benzene rings is 2. The van der Waals surface area contributed by atoms with Crippen LogP contribution in [0.15, 0.2) is 48.5 Å². The van der Waals surface area contributed by atoms with E-state index in [2.05, 4.69) is 4.74 Å². The average Bonchev–Trinajstić information content (AvgIpc) is 2.53. The van der Waals surface area contributed by atoms with E-state index < -0.39 is 18.2 Å². The standard InChI is InChI=1S/C17H18O4/c1-20-16(17(19)21-2)15(18)10-8-12-7-9-13-5-3-4-6-14(13)11-12/h3-11,15-16,18H,1-2H3/b10-8+/t15-,16+/m1/s1. The van der Waals surface area contributed by atoms with E-state index >= 15 is 0 Å². The van der Waals surface area contributed by atoms with Crippen molar-refractivity contribution in [3.63, 3.8) is 0 Å². The second-order valence-corrected chi connectivity index (χ2v) is 4.64. The third-order valence-electron chi connectivity index (χ3n) is 3.26. The largest absolute Gasteiger partial charge is 0.467 e. The minimum Gasteiger partial charge on any atom is -0.467 e. The van der Waals surface area contributed by atoms with Gasteiger partial charge in [0.1, 0.15) is 6.10 Å². The molecule has 0 fully saturated rings. The third kappa shape index (κ3) is 3.68. The molecule has 2 aromatic rings. The lowest BCUT2D eigenvalue weighted by Crippen LogP contribution is -2.35. The maximum Gasteiger partial charge on any atom is 0.338 e. The molecule has 0 aliphatic carbocycles. The highest BCUT2D eigenvalue weighted by atomic mass is 16.6. The van der Waals surface area contributed by atoms with E-state index in [1.165, 1.54) is 20.3 Å². The van der Waals surface area contributed by atoms with Gasteiger partial charge in [0.05, 0.1) is 7.11 Å². The zero-order valence-electron chi connectivity index (χ0n) is 12.0. The summed E-state index contributed by atoms with van der Waals surface area (Å²) in [6.45, 7) is 0. The van der Waals surface area contributed by atoms with Crippen LogP contribution in [0.3, 0.4) is 0 Å². The van der Waals surface area contributed by atoms with Crippen molar-refractivity contribution in [2.24, 2.45) is 0 Å². The van der Waals surface area contributed by atoms with Gasteiger partial charge >= 0.3 is 5.97 Å². The number of hydrogen-bond donors (Lipinski definition) is 1. The van der Waals surface area contributed by atoms with E-state index in [9.17, 15) is 9.90 Å². The lowest BCUT2D eigenvalue weighted by Gasteiger charge is -2.16. The number of hydrogen-bond acceptors (Lipinski definition) is 4. The minimum atomic E-state index is -1.06. The van der Waals surface area contributed by atoms with Crippen molar-refractivity contribution in [3.8, 4) is 0 Å². The number of carbonyl (C=O) groups excluding carboxylic acids is 1. The highest BCUT2D eigenvalue weighted by Gasteiger charge is 2.25. The molecule has 21 heavy (non-hydrogen) atoms. The van der Waals surface area contributed by atoms with Crippen LogP contribution in [0, 0.1) is 0 Å². The fourth-order valence-electron chi connectivity index (χ4n) is 2.11. The molecule has 0 aromatic heterocycles. The molecule has 0 amide bonds. The Kier molecular flexibility index (Phi) is 5.09.